The fourth-order valence-electron chi connectivity index (χ4n) is 1.44. The summed E-state index contributed by atoms with van der Waals surface area (Å²) in [6.45, 7) is 2.99. The quantitative estimate of drug-likeness (QED) is 0.580. The van der Waals surface area contributed by atoms with E-state index in [0.717, 1.165) is 18.5 Å². The lowest BCUT2D eigenvalue weighted by molar-refractivity contribution is 0.223. The van der Waals surface area contributed by atoms with Crippen molar-refractivity contribution in [1.82, 2.24) is 5.32 Å². The number of nitrogens with one attached hydrogen (secondary N) is 1. The van der Waals surface area contributed by atoms with Gasteiger partial charge in [0, 0.05) is 6.04 Å². The lowest BCUT2D eigenvalue weighted by Gasteiger charge is -2.34. The summed E-state index contributed by atoms with van der Waals surface area (Å²) in [5.41, 5.74) is 0. The predicted octanol–water partition coefficient (Wildman–Crippen LogP) is 1.40. The van der Waals surface area contributed by atoms with Crippen molar-refractivity contribution in [2.75, 3.05) is 6.54 Å². The summed E-state index contributed by atoms with van der Waals surface area (Å²) in [4.78, 5) is 0. The van der Waals surface area contributed by atoms with Gasteiger partial charge in [-0.2, -0.15) is 0 Å². The Morgan fingerprint density at radius 3 is 2.80 bits per heavy atom. The molecule has 0 aromatic heterocycles. The van der Waals surface area contributed by atoms with Gasteiger partial charge in [-0.1, -0.05) is 19.3 Å². The fourth-order valence-corrected chi connectivity index (χ4v) is 1.44. The smallest absolute Gasteiger partial charge is 0.0575 e. The molecule has 10 heavy (non-hydrogen) atoms. The molecule has 0 aromatic rings. The monoisotopic (exact) mass is 137 g/mol. The van der Waals surface area contributed by atoms with Crippen LogP contribution in [0.5, 0.6) is 0 Å². The molecule has 1 heteroatoms. The van der Waals surface area contributed by atoms with Gasteiger partial charge in [-0.25, -0.2) is 0 Å². The third-order valence-electron chi connectivity index (χ3n) is 2.31. The first kappa shape index (κ1) is 7.63. The average molecular weight is 137 g/mol. The molecule has 1 N–H and O–H groups in total. The van der Waals surface area contributed by atoms with Gasteiger partial charge in [-0.15, -0.1) is 6.42 Å². The Morgan fingerprint density at radius 2 is 2.30 bits per heavy atom. The molecule has 0 heterocycles. The molecule has 1 fully saturated rings. The van der Waals surface area contributed by atoms with E-state index in [1.165, 1.54) is 19.3 Å². The molecule has 0 aliphatic heterocycles. The topological polar surface area (TPSA) is 12.0 Å². The molecule has 1 aliphatic rings. The van der Waals surface area contributed by atoms with Crippen molar-refractivity contribution in [3.05, 3.63) is 0 Å². The SMILES string of the molecule is C#CCNC1CC(CC)C1. The Balaban J connectivity index is 1.99. The van der Waals surface area contributed by atoms with Gasteiger partial charge >= 0.3 is 0 Å². The molecule has 0 atom stereocenters. The van der Waals surface area contributed by atoms with Gasteiger partial charge in [-0.3, -0.25) is 0 Å². The summed E-state index contributed by atoms with van der Waals surface area (Å²) in [7, 11) is 0. The van der Waals surface area contributed by atoms with Crippen molar-refractivity contribution in [2.24, 2.45) is 5.92 Å². The van der Waals surface area contributed by atoms with E-state index in [0.29, 0.717) is 0 Å². The van der Waals surface area contributed by atoms with Crippen LogP contribution in [0.1, 0.15) is 26.2 Å². The third-order valence-corrected chi connectivity index (χ3v) is 2.31. The van der Waals surface area contributed by atoms with Crippen LogP contribution in [0.2, 0.25) is 0 Å². The van der Waals surface area contributed by atoms with E-state index in [2.05, 4.69) is 18.2 Å². The highest BCUT2D eigenvalue weighted by molar-refractivity contribution is 4.92. The van der Waals surface area contributed by atoms with E-state index < -0.39 is 0 Å². The Hall–Kier alpha value is -0.480. The molecule has 0 bridgehead atoms. The molecule has 0 saturated heterocycles. The molecule has 56 valence electrons. The van der Waals surface area contributed by atoms with Crippen LogP contribution in [0.3, 0.4) is 0 Å². The molecule has 1 rings (SSSR count). The van der Waals surface area contributed by atoms with E-state index in [1.54, 1.807) is 0 Å². The zero-order chi connectivity index (χ0) is 7.40. The highest BCUT2D eigenvalue weighted by Gasteiger charge is 2.26. The first-order valence-electron chi connectivity index (χ1n) is 4.03. The Bertz CT molecular complexity index is 128. The van der Waals surface area contributed by atoms with Crippen molar-refractivity contribution in [3.63, 3.8) is 0 Å². The van der Waals surface area contributed by atoms with E-state index in [9.17, 15) is 0 Å². The van der Waals surface area contributed by atoms with E-state index in [4.69, 9.17) is 6.42 Å². The number of rotatable bonds is 3. The lowest BCUT2D eigenvalue weighted by Crippen LogP contribution is -2.40. The molecule has 1 saturated carbocycles. The minimum atomic E-state index is 0.723. The van der Waals surface area contributed by atoms with Gasteiger partial charge in [0.25, 0.3) is 0 Å². The summed E-state index contributed by atoms with van der Waals surface area (Å²) in [6, 6.07) is 0.723. The third kappa shape index (κ3) is 1.75. The van der Waals surface area contributed by atoms with Crippen LogP contribution in [-0.2, 0) is 0 Å². The van der Waals surface area contributed by atoms with Crippen molar-refractivity contribution >= 4 is 0 Å². The highest BCUT2D eigenvalue weighted by Crippen LogP contribution is 2.29. The maximum absolute atomic E-state index is 5.11. The van der Waals surface area contributed by atoms with Gasteiger partial charge < -0.3 is 5.32 Å². The lowest BCUT2D eigenvalue weighted by atomic mass is 9.79. The molecule has 1 aliphatic carbocycles. The van der Waals surface area contributed by atoms with Crippen LogP contribution in [-0.4, -0.2) is 12.6 Å². The zero-order valence-corrected chi connectivity index (χ0v) is 6.56. The molecule has 0 aromatic carbocycles. The maximum Gasteiger partial charge on any atom is 0.0575 e. The number of terminal acetylenes is 1. The van der Waals surface area contributed by atoms with Crippen LogP contribution in [0, 0.1) is 18.3 Å². The second kappa shape index (κ2) is 3.63. The maximum atomic E-state index is 5.11. The molecule has 0 unspecified atom stereocenters. The Labute approximate surface area is 63.2 Å². The van der Waals surface area contributed by atoms with Gasteiger partial charge in [0.1, 0.15) is 0 Å². The summed E-state index contributed by atoms with van der Waals surface area (Å²) in [6.07, 6.45) is 9.10. The second-order valence-corrected chi connectivity index (χ2v) is 3.03. The predicted molar refractivity (Wildman–Crippen MR) is 43.6 cm³/mol. The first-order valence-corrected chi connectivity index (χ1v) is 4.03. The van der Waals surface area contributed by atoms with E-state index in [1.807, 2.05) is 0 Å². The molecular weight excluding hydrogens is 122 g/mol. The fraction of sp³-hybridized carbons (Fsp3) is 0.778. The summed E-state index contributed by atoms with van der Waals surface area (Å²) in [5, 5.41) is 3.30. The summed E-state index contributed by atoms with van der Waals surface area (Å²) >= 11 is 0. The minimum absolute atomic E-state index is 0.723. The highest BCUT2D eigenvalue weighted by atomic mass is 14.9. The standard InChI is InChI=1S/C9H15N/c1-3-5-10-9-6-8(4-2)7-9/h1,8-10H,4-7H2,2H3. The second-order valence-electron chi connectivity index (χ2n) is 3.03. The molecule has 0 spiro atoms. The summed E-state index contributed by atoms with van der Waals surface area (Å²) in [5.74, 6) is 3.56. The zero-order valence-electron chi connectivity index (χ0n) is 6.56. The van der Waals surface area contributed by atoms with Crippen molar-refractivity contribution in [1.29, 1.82) is 0 Å². The van der Waals surface area contributed by atoms with Gasteiger partial charge in [0.05, 0.1) is 6.54 Å². The summed E-state index contributed by atoms with van der Waals surface area (Å²) < 4.78 is 0. The average Bonchev–Trinajstić information content (AvgIpc) is 1.86. The van der Waals surface area contributed by atoms with Gasteiger partial charge in [0.15, 0.2) is 0 Å². The van der Waals surface area contributed by atoms with Crippen LogP contribution < -0.4 is 5.32 Å². The van der Waals surface area contributed by atoms with Crippen LogP contribution in [0.4, 0.5) is 0 Å². The Morgan fingerprint density at radius 1 is 1.60 bits per heavy atom. The number of hydrogen-bond donors (Lipinski definition) is 1. The van der Waals surface area contributed by atoms with Crippen molar-refractivity contribution in [3.8, 4) is 12.3 Å². The molecule has 1 nitrogen and oxygen atoms in total. The first-order chi connectivity index (χ1) is 4.86. The van der Waals surface area contributed by atoms with Crippen LogP contribution in [0.25, 0.3) is 0 Å². The van der Waals surface area contributed by atoms with Gasteiger partial charge in [-0.05, 0) is 18.8 Å². The van der Waals surface area contributed by atoms with Crippen molar-refractivity contribution < 1.29 is 0 Å². The van der Waals surface area contributed by atoms with E-state index in [-0.39, 0.29) is 0 Å². The molecule has 0 radical (unpaired) electrons. The molecule has 0 amide bonds. The normalized spacial score (nSPS) is 30.8. The minimum Gasteiger partial charge on any atom is -0.303 e. The molecular formula is C9H15N. The van der Waals surface area contributed by atoms with Crippen LogP contribution >= 0.6 is 0 Å². The van der Waals surface area contributed by atoms with E-state index >= 15 is 0 Å². The van der Waals surface area contributed by atoms with Gasteiger partial charge in [0.2, 0.25) is 0 Å². The van der Waals surface area contributed by atoms with Crippen LogP contribution in [0.15, 0.2) is 0 Å². The Kier molecular flexibility index (Phi) is 2.77. The van der Waals surface area contributed by atoms with Crippen molar-refractivity contribution in [2.45, 2.75) is 32.2 Å². The largest absolute Gasteiger partial charge is 0.303 e. The number of hydrogen-bond acceptors (Lipinski definition) is 1.